The Bertz CT molecular complexity index is 676. The van der Waals surface area contributed by atoms with Crippen molar-refractivity contribution in [2.24, 2.45) is 10.6 Å². The van der Waals surface area contributed by atoms with Crippen LogP contribution in [0.5, 0.6) is 0 Å². The van der Waals surface area contributed by atoms with Crippen LogP contribution in [0.25, 0.3) is 0 Å². The molecule has 1 aromatic rings. The first-order valence-electron chi connectivity index (χ1n) is 7.03. The molecule has 0 atom stereocenters. The molecule has 1 aromatic carbocycles. The lowest BCUT2D eigenvalue weighted by atomic mass is 9.88. The second-order valence-corrected chi connectivity index (χ2v) is 5.72. The Balaban J connectivity index is 2.51. The Labute approximate surface area is 128 Å². The fourth-order valence-electron chi connectivity index (χ4n) is 2.05. The van der Waals surface area contributed by atoms with Crippen LogP contribution in [-0.2, 0) is 19.2 Å². The van der Waals surface area contributed by atoms with Gasteiger partial charge in [0.15, 0.2) is 5.71 Å². The number of amides is 2. The van der Waals surface area contributed by atoms with Crippen molar-refractivity contribution in [1.29, 1.82) is 0 Å². The zero-order valence-electron chi connectivity index (χ0n) is 13.0. The van der Waals surface area contributed by atoms with E-state index in [-0.39, 0.29) is 11.6 Å². The van der Waals surface area contributed by atoms with Gasteiger partial charge in [0.1, 0.15) is 0 Å². The van der Waals surface area contributed by atoms with E-state index in [2.05, 4.69) is 9.99 Å². The van der Waals surface area contributed by atoms with Gasteiger partial charge in [-0.1, -0.05) is 44.1 Å². The Morgan fingerprint density at radius 2 is 1.91 bits per heavy atom. The third kappa shape index (κ3) is 2.64. The molecule has 1 heterocycles. The number of nitrogens with zero attached hydrogens (tertiary/aromatic N) is 2. The van der Waals surface area contributed by atoms with Crippen molar-refractivity contribution in [3.05, 3.63) is 29.8 Å². The van der Waals surface area contributed by atoms with Crippen LogP contribution in [-0.4, -0.2) is 23.5 Å². The molecule has 0 unspecified atom stereocenters. The Morgan fingerprint density at radius 3 is 2.50 bits per heavy atom. The number of carbonyl (C=O) groups excluding carboxylic acids is 3. The molecule has 0 saturated carbocycles. The summed E-state index contributed by atoms with van der Waals surface area (Å²) in [5.41, 5.74) is 0.226. The van der Waals surface area contributed by atoms with Crippen LogP contribution in [0.2, 0.25) is 0 Å². The van der Waals surface area contributed by atoms with Crippen LogP contribution >= 0.6 is 0 Å². The molecule has 6 heteroatoms. The largest absolute Gasteiger partial charge is 0.332 e. The van der Waals surface area contributed by atoms with Gasteiger partial charge < -0.3 is 4.84 Å². The molecule has 116 valence electrons. The summed E-state index contributed by atoms with van der Waals surface area (Å²) in [6, 6.07) is 6.81. The summed E-state index contributed by atoms with van der Waals surface area (Å²) in [7, 11) is 0. The third-order valence-corrected chi connectivity index (χ3v) is 3.74. The van der Waals surface area contributed by atoms with E-state index >= 15 is 0 Å². The van der Waals surface area contributed by atoms with E-state index in [1.54, 1.807) is 38.1 Å². The van der Waals surface area contributed by atoms with E-state index in [0.29, 0.717) is 17.7 Å². The van der Waals surface area contributed by atoms with Crippen LogP contribution in [0, 0.1) is 5.41 Å². The fraction of sp³-hybridized carbons (Fsp3) is 0.375. The van der Waals surface area contributed by atoms with Gasteiger partial charge in [-0.2, -0.15) is 0 Å². The highest BCUT2D eigenvalue weighted by molar-refractivity contribution is 6.58. The number of benzene rings is 1. The maximum Gasteiger partial charge on any atom is 0.332 e. The summed E-state index contributed by atoms with van der Waals surface area (Å²) in [5.74, 6) is -1.51. The highest BCUT2D eigenvalue weighted by atomic mass is 16.7. The van der Waals surface area contributed by atoms with Crippen molar-refractivity contribution in [2.75, 3.05) is 4.90 Å². The quantitative estimate of drug-likeness (QED) is 0.634. The minimum atomic E-state index is -0.681. The molecule has 0 aliphatic carbocycles. The normalized spacial score (nSPS) is 15.9. The van der Waals surface area contributed by atoms with Crippen LogP contribution in [0.1, 0.15) is 39.7 Å². The SMILES string of the molecule is CCC(C)(C)C(=O)N1C(=O)/C(=N/OC(C)=O)c2ccccc21. The first kappa shape index (κ1) is 15.9. The van der Waals surface area contributed by atoms with Crippen LogP contribution in [0.4, 0.5) is 5.69 Å². The Kier molecular flexibility index (Phi) is 4.12. The molecule has 1 aliphatic rings. The molecule has 2 rings (SSSR count). The second-order valence-electron chi connectivity index (χ2n) is 5.72. The minimum Gasteiger partial charge on any atom is -0.318 e. The van der Waals surface area contributed by atoms with E-state index in [9.17, 15) is 14.4 Å². The van der Waals surface area contributed by atoms with E-state index < -0.39 is 17.3 Å². The summed E-state index contributed by atoms with van der Waals surface area (Å²) in [6.07, 6.45) is 0.591. The lowest BCUT2D eigenvalue weighted by molar-refractivity contribution is -0.140. The number of fused-ring (bicyclic) bond motifs is 1. The molecule has 2 amide bonds. The molecule has 0 saturated heterocycles. The summed E-state index contributed by atoms with van der Waals surface area (Å²) < 4.78 is 0. The Morgan fingerprint density at radius 1 is 1.27 bits per heavy atom. The van der Waals surface area contributed by atoms with Crippen molar-refractivity contribution in [2.45, 2.75) is 34.1 Å². The van der Waals surface area contributed by atoms with E-state index in [1.165, 1.54) is 6.92 Å². The first-order valence-corrected chi connectivity index (χ1v) is 7.03. The smallest absolute Gasteiger partial charge is 0.318 e. The van der Waals surface area contributed by atoms with Crippen LogP contribution in [0.15, 0.2) is 29.4 Å². The molecule has 0 radical (unpaired) electrons. The van der Waals surface area contributed by atoms with E-state index in [1.807, 2.05) is 6.92 Å². The molecule has 6 nitrogen and oxygen atoms in total. The minimum absolute atomic E-state index is 0.0361. The van der Waals surface area contributed by atoms with Crippen molar-refractivity contribution < 1.29 is 19.2 Å². The highest BCUT2D eigenvalue weighted by Crippen LogP contribution is 2.34. The fourth-order valence-corrected chi connectivity index (χ4v) is 2.05. The lowest BCUT2D eigenvalue weighted by Crippen LogP contribution is -2.44. The maximum absolute atomic E-state index is 12.7. The standard InChI is InChI=1S/C16H18N2O4/c1-5-16(3,4)15(21)18-12-9-7-6-8-11(12)13(14(18)20)17-22-10(2)19/h6-9H,5H2,1-4H3/b17-13+. The zero-order valence-corrected chi connectivity index (χ0v) is 13.0. The predicted octanol–water partition coefficient (Wildman–Crippen LogP) is 2.26. The topological polar surface area (TPSA) is 76.0 Å². The maximum atomic E-state index is 12.7. The number of imide groups is 1. The van der Waals surface area contributed by atoms with E-state index in [4.69, 9.17) is 0 Å². The van der Waals surface area contributed by atoms with Crippen molar-refractivity contribution >= 4 is 29.2 Å². The number of anilines is 1. The number of rotatable bonds is 3. The molecule has 0 bridgehead atoms. The summed E-state index contributed by atoms with van der Waals surface area (Å²) in [4.78, 5) is 41.9. The molecule has 1 aliphatic heterocycles. The number of carbonyl (C=O) groups is 3. The van der Waals surface area contributed by atoms with Gasteiger partial charge in [-0.15, -0.1) is 0 Å². The predicted molar refractivity (Wildman–Crippen MR) is 81.3 cm³/mol. The van der Waals surface area contributed by atoms with E-state index in [0.717, 1.165) is 4.90 Å². The van der Waals surface area contributed by atoms with Gasteiger partial charge in [0.2, 0.25) is 5.91 Å². The van der Waals surface area contributed by atoms with Crippen molar-refractivity contribution in [1.82, 2.24) is 0 Å². The van der Waals surface area contributed by atoms with Gasteiger partial charge in [-0.25, -0.2) is 9.69 Å². The average Bonchev–Trinajstić information content (AvgIpc) is 2.76. The van der Waals surface area contributed by atoms with Gasteiger partial charge in [-0.05, 0) is 12.5 Å². The summed E-state index contributed by atoms with van der Waals surface area (Å²) >= 11 is 0. The number of para-hydroxylation sites is 1. The monoisotopic (exact) mass is 302 g/mol. The van der Waals surface area contributed by atoms with Gasteiger partial charge in [0, 0.05) is 17.9 Å². The molecular weight excluding hydrogens is 284 g/mol. The second kappa shape index (κ2) is 5.71. The first-order chi connectivity index (χ1) is 10.3. The summed E-state index contributed by atoms with van der Waals surface area (Å²) in [6.45, 7) is 6.65. The number of hydrogen-bond donors (Lipinski definition) is 0. The summed E-state index contributed by atoms with van der Waals surface area (Å²) in [5, 5.41) is 3.61. The average molecular weight is 302 g/mol. The van der Waals surface area contributed by atoms with Gasteiger partial charge >= 0.3 is 5.97 Å². The highest BCUT2D eigenvalue weighted by Gasteiger charge is 2.43. The number of hydrogen-bond acceptors (Lipinski definition) is 5. The molecular formula is C16H18N2O4. The molecule has 0 fully saturated rings. The number of oxime groups is 1. The van der Waals surface area contributed by atoms with Crippen LogP contribution < -0.4 is 4.90 Å². The Hall–Kier alpha value is -2.50. The molecule has 22 heavy (non-hydrogen) atoms. The van der Waals surface area contributed by atoms with Crippen molar-refractivity contribution in [3.8, 4) is 0 Å². The molecule has 0 N–H and O–H groups in total. The lowest BCUT2D eigenvalue weighted by Gasteiger charge is -2.26. The molecule has 0 spiro atoms. The van der Waals surface area contributed by atoms with Gasteiger partial charge in [0.25, 0.3) is 5.91 Å². The van der Waals surface area contributed by atoms with Gasteiger partial charge in [0.05, 0.1) is 5.69 Å². The zero-order chi connectivity index (χ0) is 16.5. The van der Waals surface area contributed by atoms with Crippen molar-refractivity contribution in [3.63, 3.8) is 0 Å². The third-order valence-electron chi connectivity index (χ3n) is 3.74. The molecule has 0 aromatic heterocycles. The van der Waals surface area contributed by atoms with Gasteiger partial charge in [-0.3, -0.25) is 9.59 Å². The van der Waals surface area contributed by atoms with Crippen LogP contribution in [0.3, 0.4) is 0 Å².